The van der Waals surface area contributed by atoms with Gasteiger partial charge in [-0.3, -0.25) is 16.0 Å². The summed E-state index contributed by atoms with van der Waals surface area (Å²) in [6, 6.07) is 10.7. The molecule has 0 unspecified atom stereocenters. The second kappa shape index (κ2) is 6.36. The van der Waals surface area contributed by atoms with Crippen molar-refractivity contribution in [3.63, 3.8) is 0 Å². The molecule has 0 saturated carbocycles. The van der Waals surface area contributed by atoms with Gasteiger partial charge in [0.15, 0.2) is 0 Å². The fourth-order valence-corrected chi connectivity index (χ4v) is 2.60. The Morgan fingerprint density at radius 3 is 2.70 bits per heavy atom. The molecule has 2 rings (SSSR count). The molecule has 2 aromatic rings. The van der Waals surface area contributed by atoms with Gasteiger partial charge >= 0.3 is 0 Å². The fraction of sp³-hybridized carbons (Fsp3) is 0.0769. The molecule has 0 atom stereocenters. The number of hydrazine groups is 1. The van der Waals surface area contributed by atoms with E-state index in [0.717, 1.165) is 0 Å². The Hall–Kier alpha value is -2.12. The summed E-state index contributed by atoms with van der Waals surface area (Å²) < 4.78 is 13.5. The van der Waals surface area contributed by atoms with Crippen LogP contribution in [-0.4, -0.2) is 4.92 Å². The number of rotatable bonds is 5. The maximum Gasteiger partial charge on any atom is 0.269 e. The molecular formula is C13H12FN3O2S. The molecule has 20 heavy (non-hydrogen) atoms. The molecule has 0 aliphatic heterocycles. The van der Waals surface area contributed by atoms with Gasteiger partial charge < -0.3 is 5.43 Å². The van der Waals surface area contributed by atoms with Gasteiger partial charge in [0.1, 0.15) is 5.82 Å². The van der Waals surface area contributed by atoms with E-state index in [1.165, 1.54) is 36.0 Å². The Kier molecular flexibility index (Phi) is 4.54. The zero-order valence-electron chi connectivity index (χ0n) is 10.4. The summed E-state index contributed by atoms with van der Waals surface area (Å²) in [5.41, 5.74) is 3.69. The van der Waals surface area contributed by atoms with Gasteiger partial charge in [-0.2, -0.15) is 0 Å². The lowest BCUT2D eigenvalue weighted by atomic mass is 10.2. The van der Waals surface area contributed by atoms with E-state index >= 15 is 0 Å². The first-order chi connectivity index (χ1) is 9.61. The summed E-state index contributed by atoms with van der Waals surface area (Å²) in [5.74, 6) is 5.43. The number of nitrogens with zero attached hydrogens (tertiary/aromatic N) is 1. The van der Waals surface area contributed by atoms with Crippen LogP contribution in [0.2, 0.25) is 0 Å². The minimum atomic E-state index is -0.475. The zero-order valence-corrected chi connectivity index (χ0v) is 11.2. The number of benzene rings is 2. The Morgan fingerprint density at radius 1 is 1.30 bits per heavy atom. The lowest BCUT2D eigenvalue weighted by Crippen LogP contribution is -2.09. The van der Waals surface area contributed by atoms with Crippen LogP contribution >= 0.6 is 11.8 Å². The van der Waals surface area contributed by atoms with Gasteiger partial charge in [0.25, 0.3) is 5.69 Å². The first kappa shape index (κ1) is 14.3. The highest BCUT2D eigenvalue weighted by Gasteiger charge is 2.11. The number of thioether (sulfide) groups is 1. The number of halogens is 1. The van der Waals surface area contributed by atoms with Gasteiger partial charge in [-0.1, -0.05) is 12.1 Å². The highest BCUT2D eigenvalue weighted by molar-refractivity contribution is 7.98. The first-order valence-electron chi connectivity index (χ1n) is 5.73. The van der Waals surface area contributed by atoms with Crippen molar-refractivity contribution in [2.45, 2.75) is 10.6 Å². The Morgan fingerprint density at radius 2 is 2.05 bits per heavy atom. The zero-order chi connectivity index (χ0) is 14.5. The minimum Gasteiger partial charge on any atom is -0.324 e. The Bertz CT molecular complexity index is 637. The number of nitro groups is 1. The maximum absolute atomic E-state index is 13.5. The van der Waals surface area contributed by atoms with Crippen LogP contribution < -0.4 is 11.3 Å². The predicted molar refractivity (Wildman–Crippen MR) is 76.9 cm³/mol. The average molecular weight is 293 g/mol. The third-order valence-electron chi connectivity index (χ3n) is 2.67. The molecule has 7 heteroatoms. The summed E-state index contributed by atoms with van der Waals surface area (Å²) in [4.78, 5) is 10.8. The largest absolute Gasteiger partial charge is 0.324 e. The highest BCUT2D eigenvalue weighted by atomic mass is 32.2. The number of anilines is 1. The van der Waals surface area contributed by atoms with Crippen molar-refractivity contribution in [2.75, 3.05) is 5.43 Å². The summed E-state index contributed by atoms with van der Waals surface area (Å²) in [6.45, 7) is 0. The van der Waals surface area contributed by atoms with Crippen molar-refractivity contribution in [3.05, 3.63) is 64.0 Å². The Balaban J connectivity index is 2.22. The van der Waals surface area contributed by atoms with E-state index in [1.54, 1.807) is 18.2 Å². The number of hydrogen-bond acceptors (Lipinski definition) is 5. The summed E-state index contributed by atoms with van der Waals surface area (Å²) >= 11 is 1.26. The minimum absolute atomic E-state index is 0.0202. The molecule has 0 bridgehead atoms. The molecule has 0 aliphatic carbocycles. The standard InChI is InChI=1S/C13H12FN3O2S/c14-11-3-1-2-4-13(11)20-8-9-7-10(17(18)19)5-6-12(9)16-15/h1-7,16H,8,15H2. The van der Waals surface area contributed by atoms with E-state index in [9.17, 15) is 14.5 Å². The monoisotopic (exact) mass is 293 g/mol. The number of nitrogens with one attached hydrogen (secondary N) is 1. The molecule has 5 nitrogen and oxygen atoms in total. The molecule has 0 spiro atoms. The smallest absolute Gasteiger partial charge is 0.269 e. The highest BCUT2D eigenvalue weighted by Crippen LogP contribution is 2.30. The molecule has 3 N–H and O–H groups in total. The third-order valence-corrected chi connectivity index (χ3v) is 3.77. The Labute approximate surface area is 119 Å². The third kappa shape index (κ3) is 3.25. The van der Waals surface area contributed by atoms with E-state index in [1.807, 2.05) is 0 Å². The van der Waals surface area contributed by atoms with Gasteiger partial charge in [0.05, 0.1) is 10.6 Å². The number of nitrogen functional groups attached to an aromatic ring is 1. The van der Waals surface area contributed by atoms with E-state index in [0.29, 0.717) is 21.9 Å². The van der Waals surface area contributed by atoms with Crippen LogP contribution in [0.5, 0.6) is 0 Å². The van der Waals surface area contributed by atoms with Crippen LogP contribution in [0.4, 0.5) is 15.8 Å². The van der Waals surface area contributed by atoms with Gasteiger partial charge in [-0.05, 0) is 23.8 Å². The molecular weight excluding hydrogens is 281 g/mol. The number of hydrogen-bond donors (Lipinski definition) is 2. The molecule has 0 amide bonds. The molecule has 0 heterocycles. The van der Waals surface area contributed by atoms with E-state index in [-0.39, 0.29) is 11.5 Å². The average Bonchev–Trinajstić information content (AvgIpc) is 2.46. The van der Waals surface area contributed by atoms with Gasteiger partial charge in [0.2, 0.25) is 0 Å². The quantitative estimate of drug-likeness (QED) is 0.382. The molecule has 0 saturated heterocycles. The second-order valence-corrected chi connectivity index (χ2v) is 4.98. The van der Waals surface area contributed by atoms with E-state index < -0.39 is 4.92 Å². The lowest BCUT2D eigenvalue weighted by Gasteiger charge is -2.09. The van der Waals surface area contributed by atoms with Crippen molar-refractivity contribution in [3.8, 4) is 0 Å². The summed E-state index contributed by atoms with van der Waals surface area (Å²) in [5, 5.41) is 10.8. The SMILES string of the molecule is NNc1ccc([N+](=O)[O-])cc1CSc1ccccc1F. The molecule has 0 fully saturated rings. The van der Waals surface area contributed by atoms with Crippen LogP contribution in [0.1, 0.15) is 5.56 Å². The van der Waals surface area contributed by atoms with Crippen LogP contribution in [0.3, 0.4) is 0 Å². The van der Waals surface area contributed by atoms with Crippen LogP contribution in [-0.2, 0) is 5.75 Å². The van der Waals surface area contributed by atoms with Crippen molar-refractivity contribution < 1.29 is 9.31 Å². The van der Waals surface area contributed by atoms with Crippen molar-refractivity contribution in [1.82, 2.24) is 0 Å². The summed E-state index contributed by atoms with van der Waals surface area (Å²) in [6.07, 6.45) is 0. The van der Waals surface area contributed by atoms with Crippen molar-refractivity contribution >= 4 is 23.1 Å². The number of nitro benzene ring substituents is 1. The van der Waals surface area contributed by atoms with E-state index in [2.05, 4.69) is 5.43 Å². The molecule has 0 aromatic heterocycles. The van der Waals surface area contributed by atoms with Gasteiger partial charge in [-0.15, -0.1) is 11.8 Å². The van der Waals surface area contributed by atoms with Gasteiger partial charge in [-0.25, -0.2) is 4.39 Å². The van der Waals surface area contributed by atoms with E-state index in [4.69, 9.17) is 5.84 Å². The normalized spacial score (nSPS) is 10.3. The molecule has 0 aliphatic rings. The van der Waals surface area contributed by atoms with Gasteiger partial charge in [0, 0.05) is 22.8 Å². The van der Waals surface area contributed by atoms with Crippen LogP contribution in [0, 0.1) is 15.9 Å². The van der Waals surface area contributed by atoms with Crippen LogP contribution in [0.25, 0.3) is 0 Å². The lowest BCUT2D eigenvalue weighted by molar-refractivity contribution is -0.384. The number of non-ortho nitro benzene ring substituents is 1. The number of nitrogens with two attached hydrogens (primary N) is 1. The molecule has 104 valence electrons. The topological polar surface area (TPSA) is 81.2 Å². The fourth-order valence-electron chi connectivity index (χ4n) is 1.67. The first-order valence-corrected chi connectivity index (χ1v) is 6.71. The van der Waals surface area contributed by atoms with Crippen LogP contribution in [0.15, 0.2) is 47.4 Å². The summed E-state index contributed by atoms with van der Waals surface area (Å²) in [7, 11) is 0. The van der Waals surface area contributed by atoms with Crippen molar-refractivity contribution in [2.24, 2.45) is 5.84 Å². The van der Waals surface area contributed by atoms with Crippen molar-refractivity contribution in [1.29, 1.82) is 0 Å². The second-order valence-electron chi connectivity index (χ2n) is 3.96. The maximum atomic E-state index is 13.5. The molecule has 0 radical (unpaired) electrons. The predicted octanol–water partition coefficient (Wildman–Crippen LogP) is 3.31. The molecule has 2 aromatic carbocycles.